The van der Waals surface area contributed by atoms with E-state index in [1.807, 2.05) is 55.6 Å². The third-order valence-electron chi connectivity index (χ3n) is 7.06. The van der Waals surface area contributed by atoms with Crippen molar-refractivity contribution in [3.8, 4) is 28.6 Å². The van der Waals surface area contributed by atoms with Crippen molar-refractivity contribution in [3.63, 3.8) is 0 Å². The third kappa shape index (κ3) is 4.13. The predicted octanol–water partition coefficient (Wildman–Crippen LogP) is 7.78. The summed E-state index contributed by atoms with van der Waals surface area (Å²) in [6.45, 7) is 2.84. The van der Waals surface area contributed by atoms with Gasteiger partial charge in [-0.05, 0) is 53.4 Å². The maximum Gasteiger partial charge on any atom is 0.140 e. The molecule has 0 radical (unpaired) electrons. The molecule has 5 nitrogen and oxygen atoms in total. The molecule has 6 heteroatoms. The molecule has 2 aromatic heterocycles. The van der Waals surface area contributed by atoms with Crippen LogP contribution in [-0.2, 0) is 20.0 Å². The summed E-state index contributed by atoms with van der Waals surface area (Å²) in [5.41, 5.74) is 8.63. The molecule has 6 rings (SSSR count). The lowest BCUT2D eigenvalue weighted by atomic mass is 9.99. The average Bonchev–Trinajstić information content (AvgIpc) is 3.47. The van der Waals surface area contributed by atoms with Crippen molar-refractivity contribution in [2.45, 2.75) is 26.3 Å². The molecule has 38 heavy (non-hydrogen) atoms. The molecule has 0 aliphatic rings. The first-order valence-electron chi connectivity index (χ1n) is 12.8. The number of benzene rings is 4. The van der Waals surface area contributed by atoms with Gasteiger partial charge in [-0.1, -0.05) is 73.1 Å². The van der Waals surface area contributed by atoms with Crippen molar-refractivity contribution in [3.05, 3.63) is 107 Å². The van der Waals surface area contributed by atoms with E-state index in [9.17, 15) is 5.26 Å². The molecule has 186 valence electrons. The minimum Gasteiger partial charge on any atom is -0.327 e. The standard InChI is InChI=1S/C32H26ClN5/c1-3-8-30-36-31-26(33)17-24(32-35-27-11-6-7-12-28(27)37(32)2)18-29(31)38(30)20-21-13-15-22(16-14-21)25-10-5-4-9-23(25)19-34/h4-7,9-18H,3,8,20H2,1-2H3. The Bertz CT molecular complexity index is 1840. The summed E-state index contributed by atoms with van der Waals surface area (Å²) in [5.74, 6) is 1.89. The van der Waals surface area contributed by atoms with Crippen molar-refractivity contribution in [1.82, 2.24) is 19.1 Å². The molecule has 0 aliphatic heterocycles. The smallest absolute Gasteiger partial charge is 0.140 e. The van der Waals surface area contributed by atoms with Gasteiger partial charge in [-0.25, -0.2) is 9.97 Å². The van der Waals surface area contributed by atoms with Crippen LogP contribution in [-0.4, -0.2) is 19.1 Å². The molecule has 0 N–H and O–H groups in total. The summed E-state index contributed by atoms with van der Waals surface area (Å²) in [6.07, 6.45) is 1.85. The second-order valence-corrected chi connectivity index (χ2v) is 9.93. The maximum atomic E-state index is 9.50. The van der Waals surface area contributed by atoms with Crippen LogP contribution in [0.4, 0.5) is 0 Å². The summed E-state index contributed by atoms with van der Waals surface area (Å²) in [6, 6.07) is 30.7. The van der Waals surface area contributed by atoms with Crippen molar-refractivity contribution in [1.29, 1.82) is 5.26 Å². The molecule has 4 aromatic carbocycles. The monoisotopic (exact) mass is 515 g/mol. The molecule has 0 amide bonds. The van der Waals surface area contributed by atoms with E-state index in [2.05, 4.69) is 58.5 Å². The highest BCUT2D eigenvalue weighted by molar-refractivity contribution is 6.35. The van der Waals surface area contributed by atoms with Crippen LogP contribution in [0.3, 0.4) is 0 Å². The highest BCUT2D eigenvalue weighted by atomic mass is 35.5. The number of aryl methyl sites for hydroxylation is 2. The highest BCUT2D eigenvalue weighted by Crippen LogP contribution is 2.33. The van der Waals surface area contributed by atoms with Crippen molar-refractivity contribution in [2.24, 2.45) is 7.05 Å². The molecular weight excluding hydrogens is 490 g/mol. The Balaban J connectivity index is 1.43. The number of hydrogen-bond donors (Lipinski definition) is 0. The zero-order valence-electron chi connectivity index (χ0n) is 21.3. The van der Waals surface area contributed by atoms with Gasteiger partial charge >= 0.3 is 0 Å². The topological polar surface area (TPSA) is 59.4 Å². The maximum absolute atomic E-state index is 9.50. The first kappa shape index (κ1) is 24.0. The van der Waals surface area contributed by atoms with Gasteiger partial charge in [-0.15, -0.1) is 0 Å². The number of nitrogens with zero attached hydrogens (tertiary/aromatic N) is 5. The molecule has 6 aromatic rings. The van der Waals surface area contributed by atoms with E-state index in [1.165, 1.54) is 0 Å². The molecular formula is C32H26ClN5. The fraction of sp³-hybridized carbons (Fsp3) is 0.156. The number of rotatable bonds is 6. The van der Waals surface area contributed by atoms with Crippen LogP contribution < -0.4 is 0 Å². The van der Waals surface area contributed by atoms with Crippen molar-refractivity contribution in [2.75, 3.05) is 0 Å². The van der Waals surface area contributed by atoms with Crippen molar-refractivity contribution < 1.29 is 0 Å². The van der Waals surface area contributed by atoms with Crippen LogP contribution in [0.1, 0.15) is 30.3 Å². The molecule has 0 bridgehead atoms. The number of imidazole rings is 2. The van der Waals surface area contributed by atoms with Gasteiger partial charge < -0.3 is 9.13 Å². The fourth-order valence-electron chi connectivity index (χ4n) is 5.16. The first-order valence-corrected chi connectivity index (χ1v) is 13.1. The van der Waals surface area contributed by atoms with Crippen molar-refractivity contribution >= 4 is 33.7 Å². The number of halogens is 1. The van der Waals surface area contributed by atoms with Crippen LogP contribution in [0.15, 0.2) is 84.9 Å². The number of hydrogen-bond acceptors (Lipinski definition) is 3. The average molecular weight is 516 g/mol. The summed E-state index contributed by atoms with van der Waals surface area (Å²) < 4.78 is 4.38. The van der Waals surface area contributed by atoms with Crippen LogP contribution in [0, 0.1) is 11.3 Å². The molecule has 0 saturated heterocycles. The van der Waals surface area contributed by atoms with Crippen LogP contribution in [0.2, 0.25) is 5.02 Å². The molecule has 0 saturated carbocycles. The van der Waals surface area contributed by atoms with E-state index in [1.54, 1.807) is 0 Å². The number of fused-ring (bicyclic) bond motifs is 2. The lowest BCUT2D eigenvalue weighted by Crippen LogP contribution is -2.05. The lowest BCUT2D eigenvalue weighted by Gasteiger charge is -2.11. The van der Waals surface area contributed by atoms with Gasteiger partial charge in [0.15, 0.2) is 0 Å². The third-order valence-corrected chi connectivity index (χ3v) is 7.35. The molecule has 0 aliphatic carbocycles. The predicted molar refractivity (Wildman–Crippen MR) is 154 cm³/mol. The van der Waals surface area contributed by atoms with E-state index in [4.69, 9.17) is 21.6 Å². The number of nitriles is 1. The quantitative estimate of drug-likeness (QED) is 0.227. The minimum atomic E-state index is 0.629. The number of aromatic nitrogens is 4. The second-order valence-electron chi connectivity index (χ2n) is 9.53. The normalized spacial score (nSPS) is 11.3. The van der Waals surface area contributed by atoms with Gasteiger partial charge in [-0.2, -0.15) is 5.26 Å². The Morgan fingerprint density at radius 2 is 1.63 bits per heavy atom. The van der Waals surface area contributed by atoms with E-state index in [0.717, 1.165) is 68.8 Å². The van der Waals surface area contributed by atoms with Gasteiger partial charge in [0.1, 0.15) is 17.2 Å². The van der Waals surface area contributed by atoms with E-state index < -0.39 is 0 Å². The molecule has 0 spiro atoms. The van der Waals surface area contributed by atoms with E-state index in [0.29, 0.717) is 17.1 Å². The minimum absolute atomic E-state index is 0.629. The molecule has 0 fully saturated rings. The summed E-state index contributed by atoms with van der Waals surface area (Å²) >= 11 is 6.83. The van der Waals surface area contributed by atoms with Gasteiger partial charge in [-0.3, -0.25) is 0 Å². The van der Waals surface area contributed by atoms with E-state index >= 15 is 0 Å². The Morgan fingerprint density at radius 1 is 0.868 bits per heavy atom. The molecule has 0 unspecified atom stereocenters. The van der Waals surface area contributed by atoms with Crippen LogP contribution in [0.5, 0.6) is 0 Å². The summed E-state index contributed by atoms with van der Waals surface area (Å²) in [5, 5.41) is 10.1. The fourth-order valence-corrected chi connectivity index (χ4v) is 5.41. The Kier molecular flexibility index (Phi) is 6.19. The second kappa shape index (κ2) is 9.81. The number of para-hydroxylation sites is 2. The zero-order chi connectivity index (χ0) is 26.2. The highest BCUT2D eigenvalue weighted by Gasteiger charge is 2.18. The Morgan fingerprint density at radius 3 is 2.39 bits per heavy atom. The summed E-state index contributed by atoms with van der Waals surface area (Å²) in [7, 11) is 2.04. The molecule has 2 heterocycles. The zero-order valence-corrected chi connectivity index (χ0v) is 22.1. The lowest BCUT2D eigenvalue weighted by molar-refractivity contribution is 0.722. The van der Waals surface area contributed by atoms with Crippen LogP contribution >= 0.6 is 11.6 Å². The SMILES string of the molecule is CCCc1nc2c(Cl)cc(-c3nc4ccccc4n3C)cc2n1Cc1ccc(-c2ccccc2C#N)cc1. The van der Waals surface area contributed by atoms with Crippen LogP contribution in [0.25, 0.3) is 44.6 Å². The van der Waals surface area contributed by atoms with E-state index in [-0.39, 0.29) is 0 Å². The largest absolute Gasteiger partial charge is 0.327 e. The first-order chi connectivity index (χ1) is 18.6. The summed E-state index contributed by atoms with van der Waals surface area (Å²) in [4.78, 5) is 9.85. The van der Waals surface area contributed by atoms with Gasteiger partial charge in [0.2, 0.25) is 0 Å². The molecule has 0 atom stereocenters. The Hall–Kier alpha value is -4.40. The van der Waals surface area contributed by atoms with Gasteiger partial charge in [0, 0.05) is 25.6 Å². The van der Waals surface area contributed by atoms with Gasteiger partial charge in [0.05, 0.1) is 33.2 Å². The Labute approximate surface area is 226 Å². The van der Waals surface area contributed by atoms with Gasteiger partial charge in [0.25, 0.3) is 0 Å².